The third-order valence-electron chi connectivity index (χ3n) is 2.92. The number of ether oxygens (including phenoxy) is 1. The number of carbonyl (C=O) groups excluding carboxylic acids is 2. The number of ketones is 1. The molecule has 108 valence electrons. The lowest BCUT2D eigenvalue weighted by Crippen LogP contribution is -2.54. The van der Waals surface area contributed by atoms with Gasteiger partial charge in [-0.05, 0) is 33.8 Å². The van der Waals surface area contributed by atoms with Gasteiger partial charge in [0.1, 0.15) is 5.60 Å². The molecule has 1 aromatic heterocycles. The van der Waals surface area contributed by atoms with Crippen LogP contribution in [0.5, 0.6) is 0 Å². The highest BCUT2D eigenvalue weighted by atomic mass is 16.6. The van der Waals surface area contributed by atoms with E-state index in [-0.39, 0.29) is 23.6 Å². The molecule has 2 heterocycles. The molecule has 0 aromatic carbocycles. The van der Waals surface area contributed by atoms with Crippen LogP contribution in [-0.4, -0.2) is 45.4 Å². The highest BCUT2D eigenvalue weighted by Crippen LogP contribution is 2.21. The molecule has 1 fully saturated rings. The minimum atomic E-state index is -0.522. The molecule has 6 heteroatoms. The van der Waals surface area contributed by atoms with Crippen LogP contribution in [0.1, 0.15) is 37.1 Å². The van der Waals surface area contributed by atoms with Gasteiger partial charge < -0.3 is 9.64 Å². The van der Waals surface area contributed by atoms with Crippen LogP contribution in [0.3, 0.4) is 0 Å². The maximum absolute atomic E-state index is 12.1. The molecular weight excluding hydrogens is 258 g/mol. The van der Waals surface area contributed by atoms with Crippen LogP contribution in [0.15, 0.2) is 12.3 Å². The van der Waals surface area contributed by atoms with E-state index in [0.29, 0.717) is 13.1 Å². The number of hydrogen-bond acceptors (Lipinski definition) is 5. The van der Waals surface area contributed by atoms with Gasteiger partial charge in [-0.2, -0.15) is 0 Å². The van der Waals surface area contributed by atoms with Gasteiger partial charge in [0.05, 0.1) is 5.92 Å². The molecule has 0 radical (unpaired) electrons. The zero-order valence-corrected chi connectivity index (χ0v) is 12.2. The fraction of sp³-hybridized carbons (Fsp3) is 0.571. The normalized spacial score (nSPS) is 15.7. The zero-order chi connectivity index (χ0) is 14.9. The molecule has 20 heavy (non-hydrogen) atoms. The lowest BCUT2D eigenvalue weighted by Gasteiger charge is -2.38. The Labute approximate surface area is 118 Å². The van der Waals surface area contributed by atoms with Crippen LogP contribution in [0.25, 0.3) is 0 Å². The molecule has 1 aromatic rings. The summed E-state index contributed by atoms with van der Waals surface area (Å²) in [6.45, 7) is 7.98. The number of carbonyl (C=O) groups is 2. The van der Waals surface area contributed by atoms with E-state index in [1.54, 1.807) is 12.3 Å². The number of amides is 1. The van der Waals surface area contributed by atoms with Crippen molar-refractivity contribution in [2.24, 2.45) is 5.92 Å². The van der Waals surface area contributed by atoms with Crippen LogP contribution in [0.2, 0.25) is 0 Å². The molecule has 0 atom stereocenters. The number of hydrogen-bond donors (Lipinski definition) is 0. The maximum Gasteiger partial charge on any atom is 0.410 e. The molecule has 0 unspecified atom stereocenters. The summed E-state index contributed by atoms with van der Waals surface area (Å²) in [5, 5.41) is 0. The largest absolute Gasteiger partial charge is 0.444 e. The third-order valence-corrected chi connectivity index (χ3v) is 2.92. The van der Waals surface area contributed by atoms with E-state index in [1.807, 2.05) is 27.7 Å². The van der Waals surface area contributed by atoms with Gasteiger partial charge in [-0.3, -0.25) is 4.79 Å². The van der Waals surface area contributed by atoms with Gasteiger partial charge >= 0.3 is 6.09 Å². The van der Waals surface area contributed by atoms with Gasteiger partial charge in [-0.25, -0.2) is 14.8 Å². The Kier molecular flexibility index (Phi) is 3.74. The van der Waals surface area contributed by atoms with Gasteiger partial charge in [-0.15, -0.1) is 0 Å². The van der Waals surface area contributed by atoms with Crippen molar-refractivity contribution in [2.45, 2.75) is 33.3 Å². The van der Waals surface area contributed by atoms with Crippen molar-refractivity contribution in [3.05, 3.63) is 23.8 Å². The number of likely N-dealkylation sites (tertiary alicyclic amines) is 1. The van der Waals surface area contributed by atoms with Crippen LogP contribution in [0, 0.1) is 12.8 Å². The first-order valence-corrected chi connectivity index (χ1v) is 6.58. The van der Waals surface area contributed by atoms with Gasteiger partial charge in [0.25, 0.3) is 0 Å². The molecule has 1 saturated heterocycles. The smallest absolute Gasteiger partial charge is 0.410 e. The Hall–Kier alpha value is -1.98. The molecule has 0 spiro atoms. The first-order chi connectivity index (χ1) is 9.26. The van der Waals surface area contributed by atoms with E-state index < -0.39 is 5.60 Å². The van der Waals surface area contributed by atoms with Gasteiger partial charge in [0.2, 0.25) is 5.78 Å². The first kappa shape index (κ1) is 14.4. The van der Waals surface area contributed by atoms with Crippen molar-refractivity contribution in [3.8, 4) is 0 Å². The molecular formula is C14H19N3O3. The third kappa shape index (κ3) is 3.31. The van der Waals surface area contributed by atoms with Crippen molar-refractivity contribution in [3.63, 3.8) is 0 Å². The molecule has 0 bridgehead atoms. The second-order valence-corrected chi connectivity index (χ2v) is 5.97. The highest BCUT2D eigenvalue weighted by molar-refractivity contribution is 5.96. The summed E-state index contributed by atoms with van der Waals surface area (Å²) >= 11 is 0. The van der Waals surface area contributed by atoms with E-state index in [1.165, 1.54) is 4.90 Å². The monoisotopic (exact) mass is 277 g/mol. The maximum atomic E-state index is 12.1. The summed E-state index contributed by atoms with van der Waals surface area (Å²) in [7, 11) is 0. The van der Waals surface area contributed by atoms with Crippen molar-refractivity contribution in [1.29, 1.82) is 0 Å². The SMILES string of the molecule is Cc1ccnc(C(=O)C2CN(C(=O)OC(C)(C)C)C2)n1. The van der Waals surface area contributed by atoms with Crippen molar-refractivity contribution in [2.75, 3.05) is 13.1 Å². The second kappa shape index (κ2) is 5.19. The van der Waals surface area contributed by atoms with Crippen LogP contribution >= 0.6 is 0 Å². The summed E-state index contributed by atoms with van der Waals surface area (Å²) < 4.78 is 5.24. The summed E-state index contributed by atoms with van der Waals surface area (Å²) in [5.74, 6) is -0.128. The van der Waals surface area contributed by atoms with Crippen LogP contribution in [0.4, 0.5) is 4.79 Å². The first-order valence-electron chi connectivity index (χ1n) is 6.58. The molecule has 1 amide bonds. The molecule has 0 N–H and O–H groups in total. The quantitative estimate of drug-likeness (QED) is 0.771. The second-order valence-electron chi connectivity index (χ2n) is 5.97. The van der Waals surface area contributed by atoms with Gasteiger partial charge in [-0.1, -0.05) is 0 Å². The van der Waals surface area contributed by atoms with Crippen molar-refractivity contribution < 1.29 is 14.3 Å². The minimum absolute atomic E-state index is 0.117. The van der Waals surface area contributed by atoms with Crippen molar-refractivity contribution >= 4 is 11.9 Å². The lowest BCUT2D eigenvalue weighted by molar-refractivity contribution is 0.00130. The van der Waals surface area contributed by atoms with Crippen molar-refractivity contribution in [1.82, 2.24) is 14.9 Å². The number of nitrogens with zero attached hydrogens (tertiary/aromatic N) is 3. The van der Waals surface area contributed by atoms with Gasteiger partial charge in [0.15, 0.2) is 5.82 Å². The molecule has 0 saturated carbocycles. The number of aryl methyl sites for hydroxylation is 1. The average molecular weight is 277 g/mol. The summed E-state index contributed by atoms with van der Waals surface area (Å²) in [6.07, 6.45) is 1.19. The van der Waals surface area contributed by atoms with Crippen LogP contribution in [-0.2, 0) is 4.74 Å². The van der Waals surface area contributed by atoms with E-state index in [9.17, 15) is 9.59 Å². The highest BCUT2D eigenvalue weighted by Gasteiger charge is 2.39. The Morgan fingerprint density at radius 1 is 1.35 bits per heavy atom. The van der Waals surface area contributed by atoms with E-state index in [0.717, 1.165) is 5.69 Å². The molecule has 6 nitrogen and oxygen atoms in total. The van der Waals surface area contributed by atoms with E-state index in [4.69, 9.17) is 4.74 Å². The van der Waals surface area contributed by atoms with E-state index >= 15 is 0 Å². The Balaban J connectivity index is 1.90. The number of Topliss-reactive ketones (excluding diaryl/α,β-unsaturated/α-hetero) is 1. The zero-order valence-electron chi connectivity index (χ0n) is 12.2. The molecule has 0 aliphatic carbocycles. The summed E-state index contributed by atoms with van der Waals surface area (Å²) in [4.78, 5) is 33.5. The predicted octanol–water partition coefficient (Wildman–Crippen LogP) is 1.83. The Morgan fingerprint density at radius 3 is 2.55 bits per heavy atom. The lowest BCUT2D eigenvalue weighted by atomic mass is 9.95. The predicted molar refractivity (Wildman–Crippen MR) is 72.4 cm³/mol. The molecule has 2 rings (SSSR count). The van der Waals surface area contributed by atoms with Crippen LogP contribution < -0.4 is 0 Å². The standard InChI is InChI=1S/C14H19N3O3/c1-9-5-6-15-12(16-9)11(18)10-7-17(8-10)13(19)20-14(2,3)4/h5-6,10H,7-8H2,1-4H3. The number of aromatic nitrogens is 2. The summed E-state index contributed by atoms with van der Waals surface area (Å²) in [6, 6.07) is 1.74. The van der Waals surface area contributed by atoms with Gasteiger partial charge in [0, 0.05) is 25.0 Å². The topological polar surface area (TPSA) is 72.4 Å². The summed E-state index contributed by atoms with van der Waals surface area (Å²) in [5.41, 5.74) is 0.234. The van der Waals surface area contributed by atoms with E-state index in [2.05, 4.69) is 9.97 Å². The molecule has 1 aliphatic rings. The number of rotatable bonds is 2. The fourth-order valence-electron chi connectivity index (χ4n) is 1.87. The fourth-order valence-corrected chi connectivity index (χ4v) is 1.87. The Bertz CT molecular complexity index is 531. The molecule has 1 aliphatic heterocycles. The minimum Gasteiger partial charge on any atom is -0.444 e. The Morgan fingerprint density at radius 2 is 2.00 bits per heavy atom. The average Bonchev–Trinajstić information content (AvgIpc) is 2.24.